The standard InChI is InChI=1S/C19H25N3O6/c1-13(2)28-12-4-9-21-18(24)16(17(19(21)25)20(3)10-11-23)14-5-7-15(8-6-14)22(26)27/h5-8,13,23H,4,9-12H2,1-3H3. The maximum atomic E-state index is 13.0. The van der Waals surface area contributed by atoms with E-state index in [0.29, 0.717) is 18.6 Å². The zero-order valence-electron chi connectivity index (χ0n) is 16.3. The van der Waals surface area contributed by atoms with E-state index in [-0.39, 0.29) is 42.8 Å². The molecule has 0 bridgehead atoms. The molecule has 0 radical (unpaired) electrons. The van der Waals surface area contributed by atoms with Gasteiger partial charge in [0.15, 0.2) is 0 Å². The smallest absolute Gasteiger partial charge is 0.277 e. The Morgan fingerprint density at radius 2 is 1.86 bits per heavy atom. The van der Waals surface area contributed by atoms with Crippen LogP contribution >= 0.6 is 0 Å². The van der Waals surface area contributed by atoms with Gasteiger partial charge in [0.1, 0.15) is 5.70 Å². The predicted molar refractivity (Wildman–Crippen MR) is 102 cm³/mol. The molecule has 1 aliphatic heterocycles. The second kappa shape index (κ2) is 9.43. The highest BCUT2D eigenvalue weighted by Crippen LogP contribution is 2.32. The molecule has 0 saturated heterocycles. The number of hydrogen-bond acceptors (Lipinski definition) is 7. The fourth-order valence-electron chi connectivity index (χ4n) is 2.93. The summed E-state index contributed by atoms with van der Waals surface area (Å²) >= 11 is 0. The Labute approximate surface area is 163 Å². The van der Waals surface area contributed by atoms with Gasteiger partial charge in [-0.15, -0.1) is 0 Å². The van der Waals surface area contributed by atoms with Gasteiger partial charge in [0.2, 0.25) is 0 Å². The molecule has 1 N–H and O–H groups in total. The summed E-state index contributed by atoms with van der Waals surface area (Å²) in [6, 6.07) is 5.50. The highest BCUT2D eigenvalue weighted by atomic mass is 16.6. The number of nitrogens with zero attached hydrogens (tertiary/aromatic N) is 3. The van der Waals surface area contributed by atoms with Crippen molar-refractivity contribution in [2.75, 3.05) is 33.4 Å². The van der Waals surface area contributed by atoms with E-state index in [1.54, 1.807) is 7.05 Å². The highest BCUT2D eigenvalue weighted by molar-refractivity contribution is 6.35. The van der Waals surface area contributed by atoms with Crippen molar-refractivity contribution in [3.63, 3.8) is 0 Å². The van der Waals surface area contributed by atoms with Crippen molar-refractivity contribution in [1.29, 1.82) is 0 Å². The molecule has 0 atom stereocenters. The van der Waals surface area contributed by atoms with Crippen LogP contribution in [0.1, 0.15) is 25.8 Å². The molecule has 1 aliphatic rings. The van der Waals surface area contributed by atoms with Gasteiger partial charge in [0.05, 0.1) is 23.2 Å². The number of ether oxygens (including phenoxy) is 1. The number of aliphatic hydroxyl groups is 1. The number of carbonyl (C=O) groups is 2. The number of benzene rings is 1. The Balaban J connectivity index is 2.32. The topological polar surface area (TPSA) is 113 Å². The normalized spacial score (nSPS) is 14.4. The Hall–Kier alpha value is -2.78. The van der Waals surface area contributed by atoms with Crippen LogP contribution in [0, 0.1) is 10.1 Å². The Morgan fingerprint density at radius 3 is 2.39 bits per heavy atom. The van der Waals surface area contributed by atoms with Crippen molar-refractivity contribution >= 4 is 23.1 Å². The van der Waals surface area contributed by atoms with Crippen LogP contribution in [0.4, 0.5) is 5.69 Å². The van der Waals surface area contributed by atoms with E-state index >= 15 is 0 Å². The van der Waals surface area contributed by atoms with Gasteiger partial charge >= 0.3 is 0 Å². The van der Waals surface area contributed by atoms with E-state index in [1.165, 1.54) is 29.2 Å². The van der Waals surface area contributed by atoms with Crippen LogP contribution < -0.4 is 0 Å². The Morgan fingerprint density at radius 1 is 1.21 bits per heavy atom. The van der Waals surface area contributed by atoms with Crippen LogP contribution in [0.5, 0.6) is 0 Å². The van der Waals surface area contributed by atoms with Crippen molar-refractivity contribution in [2.24, 2.45) is 0 Å². The second-order valence-electron chi connectivity index (χ2n) is 6.71. The van der Waals surface area contributed by atoms with E-state index in [2.05, 4.69) is 0 Å². The molecule has 9 heteroatoms. The molecule has 0 saturated carbocycles. The summed E-state index contributed by atoms with van der Waals surface area (Å²) in [5.41, 5.74) is 0.678. The quantitative estimate of drug-likeness (QED) is 0.278. The van der Waals surface area contributed by atoms with E-state index in [4.69, 9.17) is 4.74 Å². The summed E-state index contributed by atoms with van der Waals surface area (Å²) in [5.74, 6) is -0.901. The molecule has 0 aliphatic carbocycles. The third-order valence-corrected chi connectivity index (χ3v) is 4.30. The monoisotopic (exact) mass is 391 g/mol. The second-order valence-corrected chi connectivity index (χ2v) is 6.71. The average Bonchev–Trinajstić information content (AvgIpc) is 2.89. The summed E-state index contributed by atoms with van der Waals surface area (Å²) in [5, 5.41) is 20.1. The molecular formula is C19H25N3O6. The van der Waals surface area contributed by atoms with Crippen LogP contribution in [0.15, 0.2) is 30.0 Å². The fourth-order valence-corrected chi connectivity index (χ4v) is 2.93. The van der Waals surface area contributed by atoms with Crippen molar-refractivity contribution < 1.29 is 24.4 Å². The van der Waals surface area contributed by atoms with Gasteiger partial charge in [-0.2, -0.15) is 0 Å². The molecular weight excluding hydrogens is 366 g/mol. The minimum Gasteiger partial charge on any atom is -0.395 e. The predicted octanol–water partition coefficient (Wildman–Crippen LogP) is 1.41. The molecule has 1 aromatic rings. The summed E-state index contributed by atoms with van der Waals surface area (Å²) in [6.07, 6.45) is 0.560. The largest absolute Gasteiger partial charge is 0.395 e. The van der Waals surface area contributed by atoms with Crippen LogP contribution in [-0.2, 0) is 14.3 Å². The number of amides is 2. The van der Waals surface area contributed by atoms with Gasteiger partial charge in [-0.25, -0.2) is 0 Å². The first kappa shape index (κ1) is 21.5. The van der Waals surface area contributed by atoms with Crippen LogP contribution in [-0.4, -0.2) is 71.1 Å². The maximum Gasteiger partial charge on any atom is 0.277 e. The maximum absolute atomic E-state index is 13.0. The molecule has 2 amide bonds. The third kappa shape index (κ3) is 4.73. The number of rotatable bonds is 10. The molecule has 0 fully saturated rings. The number of aliphatic hydroxyl groups excluding tert-OH is 1. The summed E-state index contributed by atoms with van der Waals surface area (Å²) < 4.78 is 5.46. The molecule has 152 valence electrons. The highest BCUT2D eigenvalue weighted by Gasteiger charge is 2.40. The molecule has 28 heavy (non-hydrogen) atoms. The third-order valence-electron chi connectivity index (χ3n) is 4.30. The first-order valence-electron chi connectivity index (χ1n) is 9.06. The summed E-state index contributed by atoms with van der Waals surface area (Å²) in [7, 11) is 1.62. The summed E-state index contributed by atoms with van der Waals surface area (Å²) in [6.45, 7) is 4.43. The lowest BCUT2D eigenvalue weighted by Crippen LogP contribution is -2.36. The van der Waals surface area contributed by atoms with E-state index in [1.807, 2.05) is 13.8 Å². The first-order chi connectivity index (χ1) is 13.3. The van der Waals surface area contributed by atoms with Gasteiger partial charge in [0.25, 0.3) is 17.5 Å². The van der Waals surface area contributed by atoms with Crippen molar-refractivity contribution in [2.45, 2.75) is 26.4 Å². The lowest BCUT2D eigenvalue weighted by Gasteiger charge is -2.20. The minimum absolute atomic E-state index is 0.0602. The van der Waals surface area contributed by atoms with E-state index in [0.717, 1.165) is 4.90 Å². The van der Waals surface area contributed by atoms with Gasteiger partial charge in [-0.3, -0.25) is 24.6 Å². The number of carbonyl (C=O) groups excluding carboxylic acids is 2. The number of non-ortho nitro benzene ring substituents is 1. The van der Waals surface area contributed by atoms with Gasteiger partial charge in [-0.05, 0) is 38.0 Å². The van der Waals surface area contributed by atoms with Gasteiger partial charge < -0.3 is 14.7 Å². The van der Waals surface area contributed by atoms with Crippen molar-refractivity contribution in [3.05, 3.63) is 45.6 Å². The molecule has 0 aromatic heterocycles. The minimum atomic E-state index is -0.528. The van der Waals surface area contributed by atoms with Gasteiger partial charge in [-0.1, -0.05) is 0 Å². The molecule has 2 rings (SSSR count). The van der Waals surface area contributed by atoms with Crippen LogP contribution in [0.2, 0.25) is 0 Å². The zero-order chi connectivity index (χ0) is 20.8. The van der Waals surface area contributed by atoms with Crippen molar-refractivity contribution in [1.82, 2.24) is 9.80 Å². The SMILES string of the molecule is CC(C)OCCCN1C(=O)C(c2ccc([N+](=O)[O-])cc2)=C(N(C)CCO)C1=O. The number of nitro benzene ring substituents is 1. The molecule has 9 nitrogen and oxygen atoms in total. The lowest BCUT2D eigenvalue weighted by molar-refractivity contribution is -0.384. The van der Waals surface area contributed by atoms with Gasteiger partial charge in [0, 0.05) is 38.9 Å². The number of hydrogen-bond donors (Lipinski definition) is 1. The first-order valence-corrected chi connectivity index (χ1v) is 9.06. The molecule has 1 aromatic carbocycles. The Bertz CT molecular complexity index is 772. The molecule has 0 unspecified atom stereocenters. The Kier molecular flexibility index (Phi) is 7.24. The number of likely N-dealkylation sites (N-methyl/N-ethyl adjacent to an activating group) is 1. The van der Waals surface area contributed by atoms with E-state index < -0.39 is 16.7 Å². The average molecular weight is 391 g/mol. The number of imide groups is 1. The van der Waals surface area contributed by atoms with Crippen LogP contribution in [0.25, 0.3) is 5.57 Å². The summed E-state index contributed by atoms with van der Waals surface area (Å²) in [4.78, 5) is 38.9. The molecule has 1 heterocycles. The zero-order valence-corrected chi connectivity index (χ0v) is 16.3. The van der Waals surface area contributed by atoms with Crippen LogP contribution in [0.3, 0.4) is 0 Å². The fraction of sp³-hybridized carbons (Fsp3) is 0.474. The number of nitro groups is 1. The van der Waals surface area contributed by atoms with E-state index in [9.17, 15) is 24.8 Å². The van der Waals surface area contributed by atoms with Crippen molar-refractivity contribution in [3.8, 4) is 0 Å². The molecule has 0 spiro atoms. The lowest BCUT2D eigenvalue weighted by atomic mass is 10.0.